The summed E-state index contributed by atoms with van der Waals surface area (Å²) in [5, 5.41) is 9.19. The van der Waals surface area contributed by atoms with Crippen LogP contribution in [0.15, 0.2) is 109 Å². The van der Waals surface area contributed by atoms with Crippen LogP contribution in [-0.2, 0) is 4.79 Å². The second kappa shape index (κ2) is 8.81. The standard InChI is InChI=1S/C27H21NO3S/c29-22-16-14-21(15-17-22)28-26(30)25(19-8-3-1-4-9-19)32-27(28)20-10-7-13-24(18-20)31-23-11-5-2-6-12-23/h1-18,25,27,29H. The Kier molecular flexibility index (Phi) is 5.57. The normalized spacial score (nSPS) is 18.0. The molecule has 158 valence electrons. The summed E-state index contributed by atoms with van der Waals surface area (Å²) in [6, 6.07) is 34.1. The summed E-state index contributed by atoms with van der Waals surface area (Å²) >= 11 is 1.61. The molecule has 1 fully saturated rings. The summed E-state index contributed by atoms with van der Waals surface area (Å²) in [5.41, 5.74) is 2.70. The van der Waals surface area contributed by atoms with Crippen LogP contribution in [0.25, 0.3) is 0 Å². The molecule has 5 rings (SSSR count). The first kappa shape index (κ1) is 20.2. The van der Waals surface area contributed by atoms with Crippen LogP contribution >= 0.6 is 11.8 Å². The number of para-hydroxylation sites is 1. The molecular weight excluding hydrogens is 418 g/mol. The van der Waals surface area contributed by atoms with E-state index in [2.05, 4.69) is 0 Å². The molecule has 4 nitrogen and oxygen atoms in total. The van der Waals surface area contributed by atoms with Crippen molar-refractivity contribution in [2.75, 3.05) is 4.90 Å². The number of anilines is 1. The van der Waals surface area contributed by atoms with Gasteiger partial charge in [0.05, 0.1) is 0 Å². The Hall–Kier alpha value is -3.70. The van der Waals surface area contributed by atoms with Crippen LogP contribution in [0.4, 0.5) is 5.69 Å². The number of benzene rings is 4. The lowest BCUT2D eigenvalue weighted by Gasteiger charge is -2.24. The minimum absolute atomic E-state index is 0.0197. The van der Waals surface area contributed by atoms with Crippen molar-refractivity contribution in [3.05, 3.63) is 120 Å². The van der Waals surface area contributed by atoms with Gasteiger partial charge < -0.3 is 9.84 Å². The highest BCUT2D eigenvalue weighted by atomic mass is 32.2. The van der Waals surface area contributed by atoms with Crippen molar-refractivity contribution in [3.8, 4) is 17.2 Å². The van der Waals surface area contributed by atoms with E-state index < -0.39 is 0 Å². The lowest BCUT2D eigenvalue weighted by Crippen LogP contribution is -2.28. The SMILES string of the molecule is O=C1C(c2ccccc2)SC(c2cccc(Oc3ccccc3)c2)N1c1ccc(O)cc1. The fraction of sp³-hybridized carbons (Fsp3) is 0.0741. The molecule has 1 aliphatic heterocycles. The van der Waals surface area contributed by atoms with Gasteiger partial charge >= 0.3 is 0 Å². The maximum absolute atomic E-state index is 13.6. The van der Waals surface area contributed by atoms with Gasteiger partial charge in [0.25, 0.3) is 0 Å². The first-order valence-corrected chi connectivity index (χ1v) is 11.3. The van der Waals surface area contributed by atoms with Gasteiger partial charge in [-0.15, -0.1) is 11.8 Å². The summed E-state index contributed by atoms with van der Waals surface area (Å²) in [7, 11) is 0. The summed E-state index contributed by atoms with van der Waals surface area (Å²) in [6.07, 6.45) is 0. The predicted molar refractivity (Wildman–Crippen MR) is 128 cm³/mol. The number of hydrogen-bond acceptors (Lipinski definition) is 4. The molecular formula is C27H21NO3S. The molecule has 2 unspecified atom stereocenters. The van der Waals surface area contributed by atoms with E-state index in [0.29, 0.717) is 0 Å². The minimum Gasteiger partial charge on any atom is -0.508 e. The quantitative estimate of drug-likeness (QED) is 0.376. The Balaban J connectivity index is 1.52. The van der Waals surface area contributed by atoms with Crippen molar-refractivity contribution < 1.29 is 14.6 Å². The number of amides is 1. The Bertz CT molecular complexity index is 1210. The summed E-state index contributed by atoms with van der Waals surface area (Å²) in [6.45, 7) is 0. The van der Waals surface area contributed by atoms with Crippen molar-refractivity contribution in [1.82, 2.24) is 0 Å². The van der Waals surface area contributed by atoms with E-state index >= 15 is 0 Å². The smallest absolute Gasteiger partial charge is 0.245 e. The number of rotatable bonds is 5. The molecule has 0 aromatic heterocycles. The Labute approximate surface area is 191 Å². The second-order valence-corrected chi connectivity index (χ2v) is 8.68. The molecule has 0 spiro atoms. The highest BCUT2D eigenvalue weighted by Crippen LogP contribution is 2.52. The molecule has 0 saturated carbocycles. The Morgan fingerprint density at radius 3 is 2.06 bits per heavy atom. The summed E-state index contributed by atoms with van der Waals surface area (Å²) < 4.78 is 6.03. The number of thioether (sulfide) groups is 1. The van der Waals surface area contributed by atoms with Crippen LogP contribution in [0, 0.1) is 0 Å². The van der Waals surface area contributed by atoms with Gasteiger partial charge in [0.1, 0.15) is 27.9 Å². The largest absolute Gasteiger partial charge is 0.508 e. The number of carbonyl (C=O) groups is 1. The van der Waals surface area contributed by atoms with E-state index in [4.69, 9.17) is 4.74 Å². The maximum atomic E-state index is 13.6. The molecule has 1 aliphatic rings. The molecule has 5 heteroatoms. The van der Waals surface area contributed by atoms with Crippen LogP contribution in [0.2, 0.25) is 0 Å². The van der Waals surface area contributed by atoms with Gasteiger partial charge in [-0.05, 0) is 59.7 Å². The Morgan fingerprint density at radius 1 is 0.719 bits per heavy atom. The van der Waals surface area contributed by atoms with Gasteiger partial charge in [-0.25, -0.2) is 0 Å². The van der Waals surface area contributed by atoms with E-state index in [0.717, 1.165) is 28.3 Å². The monoisotopic (exact) mass is 439 g/mol. The molecule has 1 heterocycles. The van der Waals surface area contributed by atoms with Crippen molar-refractivity contribution in [1.29, 1.82) is 0 Å². The number of phenolic OH excluding ortho intramolecular Hbond substituents is 1. The lowest BCUT2D eigenvalue weighted by atomic mass is 10.1. The number of hydrogen-bond donors (Lipinski definition) is 1. The van der Waals surface area contributed by atoms with Gasteiger partial charge in [-0.1, -0.05) is 60.7 Å². The first-order chi connectivity index (χ1) is 15.7. The molecule has 2 atom stereocenters. The summed E-state index contributed by atoms with van der Waals surface area (Å²) in [4.78, 5) is 15.4. The van der Waals surface area contributed by atoms with Gasteiger partial charge in [0, 0.05) is 5.69 Å². The molecule has 0 radical (unpaired) electrons. The van der Waals surface area contributed by atoms with Crippen molar-refractivity contribution in [2.24, 2.45) is 0 Å². The number of aromatic hydroxyl groups is 1. The molecule has 1 N–H and O–H groups in total. The highest BCUT2D eigenvalue weighted by Gasteiger charge is 2.42. The third kappa shape index (κ3) is 4.07. The number of phenols is 1. The average Bonchev–Trinajstić information content (AvgIpc) is 3.18. The maximum Gasteiger partial charge on any atom is 0.245 e. The highest BCUT2D eigenvalue weighted by molar-refractivity contribution is 8.01. The van der Waals surface area contributed by atoms with Crippen molar-refractivity contribution >= 4 is 23.4 Å². The lowest BCUT2D eigenvalue weighted by molar-refractivity contribution is -0.117. The van der Waals surface area contributed by atoms with E-state index in [1.54, 1.807) is 36.0 Å². The zero-order valence-corrected chi connectivity index (χ0v) is 18.0. The summed E-state index contributed by atoms with van der Waals surface area (Å²) in [5.74, 6) is 1.67. The van der Waals surface area contributed by atoms with E-state index in [1.165, 1.54) is 0 Å². The molecule has 0 aliphatic carbocycles. The zero-order chi connectivity index (χ0) is 21.9. The number of carbonyl (C=O) groups excluding carboxylic acids is 1. The minimum atomic E-state index is -0.311. The molecule has 1 saturated heterocycles. The van der Waals surface area contributed by atoms with Gasteiger partial charge in [-0.3, -0.25) is 9.69 Å². The van der Waals surface area contributed by atoms with Crippen LogP contribution in [0.5, 0.6) is 17.2 Å². The second-order valence-electron chi connectivity index (χ2n) is 7.49. The Morgan fingerprint density at radius 2 is 1.34 bits per heavy atom. The molecule has 4 aromatic carbocycles. The molecule has 1 amide bonds. The van der Waals surface area contributed by atoms with E-state index in [-0.39, 0.29) is 22.3 Å². The van der Waals surface area contributed by atoms with Gasteiger partial charge in [-0.2, -0.15) is 0 Å². The van der Waals surface area contributed by atoms with Crippen LogP contribution in [-0.4, -0.2) is 11.0 Å². The van der Waals surface area contributed by atoms with E-state index in [1.807, 2.05) is 89.8 Å². The first-order valence-electron chi connectivity index (χ1n) is 10.3. The fourth-order valence-electron chi connectivity index (χ4n) is 3.80. The third-order valence-corrected chi connectivity index (χ3v) is 6.80. The molecule has 0 bridgehead atoms. The molecule has 4 aromatic rings. The fourth-order valence-corrected chi connectivity index (χ4v) is 5.25. The van der Waals surface area contributed by atoms with Crippen LogP contribution < -0.4 is 9.64 Å². The van der Waals surface area contributed by atoms with Gasteiger partial charge in [0.15, 0.2) is 0 Å². The van der Waals surface area contributed by atoms with Gasteiger partial charge in [0.2, 0.25) is 5.91 Å². The van der Waals surface area contributed by atoms with Crippen LogP contribution in [0.1, 0.15) is 21.8 Å². The number of nitrogens with zero attached hydrogens (tertiary/aromatic N) is 1. The van der Waals surface area contributed by atoms with Crippen molar-refractivity contribution in [2.45, 2.75) is 10.6 Å². The average molecular weight is 440 g/mol. The van der Waals surface area contributed by atoms with E-state index in [9.17, 15) is 9.90 Å². The van der Waals surface area contributed by atoms with Crippen LogP contribution in [0.3, 0.4) is 0 Å². The third-order valence-electron chi connectivity index (χ3n) is 5.31. The predicted octanol–water partition coefficient (Wildman–Crippen LogP) is 6.70. The topological polar surface area (TPSA) is 49.8 Å². The molecule has 32 heavy (non-hydrogen) atoms. The zero-order valence-electron chi connectivity index (χ0n) is 17.2. The van der Waals surface area contributed by atoms with Crippen molar-refractivity contribution in [3.63, 3.8) is 0 Å². The number of ether oxygens (including phenoxy) is 1.